The van der Waals surface area contributed by atoms with Gasteiger partial charge in [-0.3, -0.25) is 0 Å². The molecule has 0 saturated heterocycles. The number of rotatable bonds is 6. The van der Waals surface area contributed by atoms with E-state index in [0.29, 0.717) is 0 Å². The fraction of sp³-hybridized carbons (Fsp3) is 0. The molecular weight excluding hydrogens is 609 g/mol. The average Bonchev–Trinajstić information content (AvgIpc) is 3.73. The van der Waals surface area contributed by atoms with Gasteiger partial charge in [0.15, 0.2) is 0 Å². The lowest BCUT2D eigenvalue weighted by Crippen LogP contribution is -2.10. The quantitative estimate of drug-likeness (QED) is 0.181. The van der Waals surface area contributed by atoms with Crippen LogP contribution in [0.1, 0.15) is 0 Å². The maximum atomic E-state index is 5.10. The van der Waals surface area contributed by atoms with E-state index in [1.807, 2.05) is 11.3 Å². The highest BCUT2D eigenvalue weighted by molar-refractivity contribution is 7.26. The van der Waals surface area contributed by atoms with Crippen LogP contribution in [0.15, 0.2) is 170 Å². The second-order valence-electron chi connectivity index (χ2n) is 11.6. The first-order chi connectivity index (χ1) is 23.3. The number of benzene rings is 7. The molecule has 0 unspecified atom stereocenters. The standard InChI is InChI=1S/C43H28N2S2/c1-4-11-29(12-5-1)31-19-23-34(24-20-31)45(35-25-21-32(22-26-35)30-13-6-2-7-14-30)38-17-10-18-39-42(38)36-27-37-41(28-40(36)46-39)47-43(44-37)33-15-8-3-9-16-33/h1-28H. The van der Waals surface area contributed by atoms with Crippen LogP contribution in [-0.2, 0) is 0 Å². The number of aromatic nitrogens is 1. The number of nitrogens with zero attached hydrogens (tertiary/aromatic N) is 2. The highest BCUT2D eigenvalue weighted by atomic mass is 32.1. The molecule has 47 heavy (non-hydrogen) atoms. The SMILES string of the molecule is c1ccc(-c2ccc(N(c3ccc(-c4ccccc4)cc3)c3cccc4sc5cc6sc(-c7ccccc7)nc6cc5c34)cc2)cc1. The van der Waals surface area contributed by atoms with Gasteiger partial charge in [-0.1, -0.05) is 121 Å². The van der Waals surface area contributed by atoms with E-state index in [-0.39, 0.29) is 0 Å². The second-order valence-corrected chi connectivity index (χ2v) is 13.7. The van der Waals surface area contributed by atoms with Crippen molar-refractivity contribution < 1.29 is 0 Å². The third kappa shape index (κ3) is 5.08. The Bertz CT molecular complexity index is 2400. The van der Waals surface area contributed by atoms with Gasteiger partial charge in [0.25, 0.3) is 0 Å². The topological polar surface area (TPSA) is 16.1 Å². The summed E-state index contributed by atoms with van der Waals surface area (Å²) < 4.78 is 3.77. The van der Waals surface area contributed by atoms with Gasteiger partial charge in [-0.25, -0.2) is 4.98 Å². The predicted octanol–water partition coefficient (Wildman–Crippen LogP) is 13.1. The number of fused-ring (bicyclic) bond motifs is 4. The molecule has 0 N–H and O–H groups in total. The molecule has 0 amide bonds. The van der Waals surface area contributed by atoms with E-state index >= 15 is 0 Å². The van der Waals surface area contributed by atoms with Crippen molar-refractivity contribution in [2.75, 3.05) is 4.90 Å². The third-order valence-corrected chi connectivity index (χ3v) is 10.9. The van der Waals surface area contributed by atoms with Crippen LogP contribution in [0.25, 0.3) is 63.2 Å². The lowest BCUT2D eigenvalue weighted by molar-refractivity contribution is 1.30. The monoisotopic (exact) mass is 636 g/mol. The summed E-state index contributed by atoms with van der Waals surface area (Å²) in [6.07, 6.45) is 0. The number of hydrogen-bond acceptors (Lipinski definition) is 4. The summed E-state index contributed by atoms with van der Waals surface area (Å²) in [6.45, 7) is 0. The lowest BCUT2D eigenvalue weighted by Gasteiger charge is -2.27. The van der Waals surface area contributed by atoms with Gasteiger partial charge in [0.1, 0.15) is 5.01 Å². The van der Waals surface area contributed by atoms with Crippen LogP contribution in [0.4, 0.5) is 17.1 Å². The van der Waals surface area contributed by atoms with Crippen LogP contribution in [0.2, 0.25) is 0 Å². The summed E-state index contributed by atoms with van der Waals surface area (Å²) in [5, 5.41) is 3.55. The molecule has 4 heteroatoms. The summed E-state index contributed by atoms with van der Waals surface area (Å²) in [7, 11) is 0. The minimum Gasteiger partial charge on any atom is -0.310 e. The first-order valence-electron chi connectivity index (χ1n) is 15.7. The van der Waals surface area contributed by atoms with Crippen molar-refractivity contribution in [1.82, 2.24) is 4.98 Å². The van der Waals surface area contributed by atoms with E-state index in [1.54, 1.807) is 11.3 Å². The van der Waals surface area contributed by atoms with Gasteiger partial charge >= 0.3 is 0 Å². The molecule has 0 aliphatic carbocycles. The molecule has 2 heterocycles. The van der Waals surface area contributed by atoms with Crippen molar-refractivity contribution in [3.8, 4) is 32.8 Å². The molecule has 0 atom stereocenters. The zero-order valence-electron chi connectivity index (χ0n) is 25.4. The third-order valence-electron chi connectivity index (χ3n) is 8.71. The van der Waals surface area contributed by atoms with Gasteiger partial charge < -0.3 is 4.90 Å². The molecule has 2 aromatic heterocycles. The van der Waals surface area contributed by atoms with Crippen molar-refractivity contribution in [3.05, 3.63) is 170 Å². The van der Waals surface area contributed by atoms with Gasteiger partial charge in [-0.2, -0.15) is 0 Å². The molecule has 0 fully saturated rings. The zero-order valence-corrected chi connectivity index (χ0v) is 27.0. The highest BCUT2D eigenvalue weighted by Crippen LogP contribution is 2.47. The molecule has 9 rings (SSSR count). The first kappa shape index (κ1) is 27.7. The molecule has 2 nitrogen and oxygen atoms in total. The van der Waals surface area contributed by atoms with Crippen molar-refractivity contribution in [1.29, 1.82) is 0 Å². The molecule has 9 aromatic rings. The Morgan fingerprint density at radius 3 is 1.51 bits per heavy atom. The smallest absolute Gasteiger partial charge is 0.124 e. The molecule has 7 aromatic carbocycles. The molecular formula is C43H28N2S2. The van der Waals surface area contributed by atoms with Crippen LogP contribution in [0.5, 0.6) is 0 Å². The van der Waals surface area contributed by atoms with Crippen LogP contribution >= 0.6 is 22.7 Å². The zero-order chi connectivity index (χ0) is 31.2. The highest BCUT2D eigenvalue weighted by Gasteiger charge is 2.20. The average molecular weight is 637 g/mol. The van der Waals surface area contributed by atoms with Crippen molar-refractivity contribution in [3.63, 3.8) is 0 Å². The molecule has 0 saturated carbocycles. The predicted molar refractivity (Wildman–Crippen MR) is 203 cm³/mol. The summed E-state index contributed by atoms with van der Waals surface area (Å²) in [5.41, 5.74) is 10.4. The van der Waals surface area contributed by atoms with E-state index in [0.717, 1.165) is 33.1 Å². The first-order valence-corrected chi connectivity index (χ1v) is 17.3. The van der Waals surface area contributed by atoms with Crippen LogP contribution in [0, 0.1) is 0 Å². The Morgan fingerprint density at radius 2 is 0.936 bits per heavy atom. The van der Waals surface area contributed by atoms with Crippen LogP contribution in [-0.4, -0.2) is 4.98 Å². The summed E-state index contributed by atoms with van der Waals surface area (Å²) >= 11 is 3.62. The van der Waals surface area contributed by atoms with Gasteiger partial charge in [0.2, 0.25) is 0 Å². The van der Waals surface area contributed by atoms with E-state index in [4.69, 9.17) is 4.98 Å². The Labute approximate surface area is 281 Å². The Balaban J connectivity index is 1.22. The van der Waals surface area contributed by atoms with Gasteiger partial charge in [-0.05, 0) is 70.8 Å². The number of thiophene rings is 1. The normalized spacial score (nSPS) is 11.4. The van der Waals surface area contributed by atoms with Crippen LogP contribution in [0.3, 0.4) is 0 Å². The van der Waals surface area contributed by atoms with Crippen molar-refractivity contribution in [2.24, 2.45) is 0 Å². The fourth-order valence-electron chi connectivity index (χ4n) is 6.41. The second kappa shape index (κ2) is 11.7. The maximum Gasteiger partial charge on any atom is 0.124 e. The summed E-state index contributed by atoms with van der Waals surface area (Å²) in [4.78, 5) is 7.50. The molecule has 0 bridgehead atoms. The summed E-state index contributed by atoms with van der Waals surface area (Å²) in [6, 6.07) is 60.8. The van der Waals surface area contributed by atoms with Gasteiger partial charge in [0, 0.05) is 37.1 Å². The minimum atomic E-state index is 1.04. The molecule has 0 spiro atoms. The van der Waals surface area contributed by atoms with Crippen molar-refractivity contribution >= 4 is 70.1 Å². The summed E-state index contributed by atoms with van der Waals surface area (Å²) in [5.74, 6) is 0. The Morgan fingerprint density at radius 1 is 0.404 bits per heavy atom. The van der Waals surface area contributed by atoms with E-state index in [2.05, 4.69) is 175 Å². The number of anilines is 3. The van der Waals surface area contributed by atoms with Crippen molar-refractivity contribution in [2.45, 2.75) is 0 Å². The minimum absolute atomic E-state index is 1.04. The molecule has 222 valence electrons. The molecule has 0 aliphatic heterocycles. The molecule has 0 aliphatic rings. The molecule has 0 radical (unpaired) electrons. The fourth-order valence-corrected chi connectivity index (χ4v) is 8.63. The number of thiazole rings is 1. The van der Waals surface area contributed by atoms with E-state index in [9.17, 15) is 0 Å². The van der Waals surface area contributed by atoms with Gasteiger partial charge in [-0.15, -0.1) is 22.7 Å². The Kier molecular flexibility index (Phi) is 6.89. The Hall–Kier alpha value is -5.55. The lowest BCUT2D eigenvalue weighted by atomic mass is 10.0. The van der Waals surface area contributed by atoms with Gasteiger partial charge in [0.05, 0.1) is 15.9 Å². The van der Waals surface area contributed by atoms with E-state index < -0.39 is 0 Å². The van der Waals surface area contributed by atoms with E-state index in [1.165, 1.54) is 47.1 Å². The largest absolute Gasteiger partial charge is 0.310 e. The number of hydrogen-bond donors (Lipinski definition) is 0. The van der Waals surface area contributed by atoms with Crippen LogP contribution < -0.4 is 4.90 Å². The maximum absolute atomic E-state index is 5.10.